The van der Waals surface area contributed by atoms with E-state index in [0.717, 1.165) is 35.2 Å². The zero-order valence-corrected chi connectivity index (χ0v) is 9.86. The summed E-state index contributed by atoms with van der Waals surface area (Å²) in [5.74, 6) is 0.788. The number of aromatic nitrogens is 1. The van der Waals surface area contributed by atoms with E-state index in [-0.39, 0.29) is 5.91 Å². The molecule has 2 aromatic rings. The lowest BCUT2D eigenvalue weighted by atomic mass is 9.82. The van der Waals surface area contributed by atoms with Gasteiger partial charge < -0.3 is 10.3 Å². The van der Waals surface area contributed by atoms with E-state index in [1.54, 1.807) is 0 Å². The molecule has 1 aromatic heterocycles. The Labute approximate surface area is 100 Å². The predicted octanol–water partition coefficient (Wildman–Crippen LogP) is 2.70. The SMILES string of the molecule is CC1CC(NC(=O)c2cccc3cc[nH]c23)C1. The van der Waals surface area contributed by atoms with Crippen LogP contribution >= 0.6 is 0 Å². The molecule has 1 aliphatic rings. The lowest BCUT2D eigenvalue weighted by molar-refractivity contribution is 0.0897. The summed E-state index contributed by atoms with van der Waals surface area (Å²) in [5.41, 5.74) is 1.67. The van der Waals surface area contributed by atoms with E-state index in [0.29, 0.717) is 6.04 Å². The van der Waals surface area contributed by atoms with Gasteiger partial charge in [-0.25, -0.2) is 0 Å². The first kappa shape index (κ1) is 10.4. The van der Waals surface area contributed by atoms with E-state index in [1.807, 2.05) is 30.5 Å². The molecule has 1 saturated carbocycles. The van der Waals surface area contributed by atoms with Gasteiger partial charge in [0.2, 0.25) is 0 Å². The maximum Gasteiger partial charge on any atom is 0.253 e. The molecule has 0 radical (unpaired) electrons. The van der Waals surface area contributed by atoms with E-state index in [4.69, 9.17) is 0 Å². The Balaban J connectivity index is 1.83. The van der Waals surface area contributed by atoms with Crippen LogP contribution in [0.5, 0.6) is 0 Å². The first-order valence-corrected chi connectivity index (χ1v) is 6.11. The van der Waals surface area contributed by atoms with E-state index in [1.165, 1.54) is 0 Å². The summed E-state index contributed by atoms with van der Waals surface area (Å²) in [4.78, 5) is 15.3. The molecule has 2 N–H and O–H groups in total. The summed E-state index contributed by atoms with van der Waals surface area (Å²) in [7, 11) is 0. The van der Waals surface area contributed by atoms with Crippen molar-refractivity contribution in [1.29, 1.82) is 0 Å². The first-order valence-electron chi connectivity index (χ1n) is 6.11. The van der Waals surface area contributed by atoms with Crippen molar-refractivity contribution < 1.29 is 4.79 Å². The summed E-state index contributed by atoms with van der Waals surface area (Å²) in [6.07, 6.45) is 4.08. The molecule has 1 aliphatic carbocycles. The second kappa shape index (κ2) is 3.91. The van der Waals surface area contributed by atoms with Crippen molar-refractivity contribution >= 4 is 16.8 Å². The van der Waals surface area contributed by atoms with Crippen LogP contribution in [0, 0.1) is 5.92 Å². The number of benzene rings is 1. The van der Waals surface area contributed by atoms with Crippen LogP contribution in [0.3, 0.4) is 0 Å². The maximum absolute atomic E-state index is 12.1. The van der Waals surface area contributed by atoms with Gasteiger partial charge in [-0.1, -0.05) is 19.1 Å². The molecule has 3 rings (SSSR count). The highest BCUT2D eigenvalue weighted by Crippen LogP contribution is 2.27. The summed E-state index contributed by atoms with van der Waals surface area (Å²) >= 11 is 0. The minimum Gasteiger partial charge on any atom is -0.361 e. The Morgan fingerprint density at radius 3 is 2.94 bits per heavy atom. The van der Waals surface area contributed by atoms with Gasteiger partial charge in [0.25, 0.3) is 5.91 Å². The largest absolute Gasteiger partial charge is 0.361 e. The van der Waals surface area contributed by atoms with Crippen molar-refractivity contribution in [3.63, 3.8) is 0 Å². The van der Waals surface area contributed by atoms with Crippen molar-refractivity contribution in [2.24, 2.45) is 5.92 Å². The summed E-state index contributed by atoms with van der Waals surface area (Å²) < 4.78 is 0. The molecule has 1 aromatic carbocycles. The van der Waals surface area contributed by atoms with Crippen LogP contribution in [0.4, 0.5) is 0 Å². The molecule has 0 atom stereocenters. The fourth-order valence-electron chi connectivity index (χ4n) is 2.56. The van der Waals surface area contributed by atoms with Crippen molar-refractivity contribution in [2.45, 2.75) is 25.8 Å². The number of nitrogens with one attached hydrogen (secondary N) is 2. The zero-order valence-electron chi connectivity index (χ0n) is 9.86. The molecule has 0 bridgehead atoms. The number of rotatable bonds is 2. The average molecular weight is 228 g/mol. The minimum absolute atomic E-state index is 0.0370. The molecule has 88 valence electrons. The van der Waals surface area contributed by atoms with Crippen molar-refractivity contribution in [2.75, 3.05) is 0 Å². The van der Waals surface area contributed by atoms with Gasteiger partial charge in [-0.15, -0.1) is 0 Å². The number of fused-ring (bicyclic) bond motifs is 1. The molecule has 3 heteroatoms. The van der Waals surface area contributed by atoms with Gasteiger partial charge >= 0.3 is 0 Å². The molecule has 1 fully saturated rings. The fourth-order valence-corrected chi connectivity index (χ4v) is 2.56. The summed E-state index contributed by atoms with van der Waals surface area (Å²) in [5, 5.41) is 4.17. The molecule has 0 spiro atoms. The first-order chi connectivity index (χ1) is 8.24. The van der Waals surface area contributed by atoms with Crippen LogP contribution in [0.25, 0.3) is 10.9 Å². The van der Waals surface area contributed by atoms with Crippen LogP contribution in [0.2, 0.25) is 0 Å². The predicted molar refractivity (Wildman–Crippen MR) is 68.0 cm³/mol. The molecule has 0 saturated heterocycles. The molecule has 0 unspecified atom stereocenters. The number of hydrogen-bond acceptors (Lipinski definition) is 1. The van der Waals surface area contributed by atoms with Gasteiger partial charge in [0, 0.05) is 17.6 Å². The number of H-pyrrole nitrogens is 1. The highest BCUT2D eigenvalue weighted by Gasteiger charge is 2.27. The highest BCUT2D eigenvalue weighted by atomic mass is 16.1. The third kappa shape index (κ3) is 1.82. The van der Waals surface area contributed by atoms with Crippen molar-refractivity contribution in [3.05, 3.63) is 36.0 Å². The monoisotopic (exact) mass is 228 g/mol. The summed E-state index contributed by atoms with van der Waals surface area (Å²) in [6.45, 7) is 2.22. The Bertz CT molecular complexity index is 552. The molecule has 1 heterocycles. The lowest BCUT2D eigenvalue weighted by Crippen LogP contribution is -2.43. The Kier molecular flexibility index (Phi) is 2.39. The second-order valence-electron chi connectivity index (χ2n) is 4.99. The van der Waals surface area contributed by atoms with Gasteiger partial charge in [-0.2, -0.15) is 0 Å². The number of hydrogen-bond donors (Lipinski definition) is 2. The number of carbonyl (C=O) groups is 1. The fraction of sp³-hybridized carbons (Fsp3) is 0.357. The lowest BCUT2D eigenvalue weighted by Gasteiger charge is -2.33. The zero-order chi connectivity index (χ0) is 11.8. The van der Waals surface area contributed by atoms with Gasteiger partial charge in [0.15, 0.2) is 0 Å². The number of para-hydroxylation sites is 1. The number of aromatic amines is 1. The van der Waals surface area contributed by atoms with Gasteiger partial charge in [-0.05, 0) is 30.9 Å². The molecule has 1 amide bonds. The van der Waals surface area contributed by atoms with E-state index >= 15 is 0 Å². The van der Waals surface area contributed by atoms with Crippen molar-refractivity contribution in [1.82, 2.24) is 10.3 Å². The third-order valence-corrected chi connectivity index (χ3v) is 3.54. The molecule has 3 nitrogen and oxygen atoms in total. The smallest absolute Gasteiger partial charge is 0.253 e. The van der Waals surface area contributed by atoms with Crippen LogP contribution in [0.1, 0.15) is 30.1 Å². The minimum atomic E-state index is 0.0370. The summed E-state index contributed by atoms with van der Waals surface area (Å²) in [6, 6.07) is 8.15. The molecule has 17 heavy (non-hydrogen) atoms. The van der Waals surface area contributed by atoms with Gasteiger partial charge in [-0.3, -0.25) is 4.79 Å². The van der Waals surface area contributed by atoms with Gasteiger partial charge in [0.1, 0.15) is 0 Å². The maximum atomic E-state index is 12.1. The van der Waals surface area contributed by atoms with Crippen LogP contribution in [0.15, 0.2) is 30.5 Å². The highest BCUT2D eigenvalue weighted by molar-refractivity contribution is 6.05. The third-order valence-electron chi connectivity index (χ3n) is 3.54. The van der Waals surface area contributed by atoms with Crippen LogP contribution in [-0.2, 0) is 0 Å². The van der Waals surface area contributed by atoms with Crippen molar-refractivity contribution in [3.8, 4) is 0 Å². The van der Waals surface area contributed by atoms with E-state index in [2.05, 4.69) is 17.2 Å². The van der Waals surface area contributed by atoms with Crippen LogP contribution < -0.4 is 5.32 Å². The van der Waals surface area contributed by atoms with E-state index < -0.39 is 0 Å². The topological polar surface area (TPSA) is 44.9 Å². The number of carbonyl (C=O) groups excluding carboxylic acids is 1. The Hall–Kier alpha value is -1.77. The standard InChI is InChI=1S/C14H16N2O/c1-9-7-11(8-9)16-14(17)12-4-2-3-10-5-6-15-13(10)12/h2-6,9,11,15H,7-8H2,1H3,(H,16,17). The molecular formula is C14H16N2O. The Morgan fingerprint density at radius 1 is 1.35 bits per heavy atom. The average Bonchev–Trinajstić information content (AvgIpc) is 2.74. The Morgan fingerprint density at radius 2 is 2.18 bits per heavy atom. The normalized spacial score (nSPS) is 23.4. The molecule has 0 aliphatic heterocycles. The second-order valence-corrected chi connectivity index (χ2v) is 4.99. The quantitative estimate of drug-likeness (QED) is 0.815. The van der Waals surface area contributed by atoms with E-state index in [9.17, 15) is 4.79 Å². The van der Waals surface area contributed by atoms with Gasteiger partial charge in [0.05, 0.1) is 11.1 Å². The number of amides is 1. The molecular weight excluding hydrogens is 212 g/mol. The van der Waals surface area contributed by atoms with Crippen LogP contribution in [-0.4, -0.2) is 16.9 Å².